The Kier molecular flexibility index (Phi) is 9.20. The Balaban J connectivity index is 1.59. The second kappa shape index (κ2) is 12.1. The van der Waals surface area contributed by atoms with Crippen molar-refractivity contribution in [1.82, 2.24) is 20.5 Å². The molecule has 0 fully saturated rings. The van der Waals surface area contributed by atoms with Crippen LogP contribution in [0.15, 0.2) is 38.9 Å². The van der Waals surface area contributed by atoms with Crippen molar-refractivity contribution in [2.75, 3.05) is 5.32 Å². The van der Waals surface area contributed by atoms with E-state index in [1.807, 2.05) is 32.2 Å². The highest BCUT2D eigenvalue weighted by atomic mass is 35.5. The number of hydrogen-bond donors (Lipinski definition) is 2. The summed E-state index contributed by atoms with van der Waals surface area (Å²) >= 11 is 6.50. The first-order chi connectivity index (χ1) is 17.4. The summed E-state index contributed by atoms with van der Waals surface area (Å²) in [6, 6.07) is 1.72. The van der Waals surface area contributed by atoms with Crippen molar-refractivity contribution in [3.8, 4) is 0 Å². The molecule has 1 atom stereocenters. The van der Waals surface area contributed by atoms with Crippen LogP contribution in [0.4, 0.5) is 10.6 Å². The first kappa shape index (κ1) is 28.0. The van der Waals surface area contributed by atoms with Gasteiger partial charge in [-0.3, -0.25) is 15.1 Å². The van der Waals surface area contributed by atoms with E-state index in [1.165, 1.54) is 0 Å². The lowest BCUT2D eigenvalue weighted by Crippen LogP contribution is -2.28. The molecule has 0 aliphatic heterocycles. The first-order valence-electron chi connectivity index (χ1n) is 12.1. The van der Waals surface area contributed by atoms with Gasteiger partial charge < -0.3 is 14.5 Å². The number of aryl methyl sites for hydroxylation is 2. The Labute approximate surface area is 221 Å². The lowest BCUT2D eigenvalue weighted by atomic mass is 9.99. The molecule has 2 aromatic rings. The molecular formula is C26H33ClN6O4. The molecule has 0 bridgehead atoms. The van der Waals surface area contributed by atoms with Gasteiger partial charge in [0.15, 0.2) is 0 Å². The number of aromatic nitrogens is 3. The molecule has 37 heavy (non-hydrogen) atoms. The number of amides is 2. The molecule has 1 aliphatic carbocycles. The highest BCUT2D eigenvalue weighted by molar-refractivity contribution is 6.22. The summed E-state index contributed by atoms with van der Waals surface area (Å²) in [4.78, 5) is 33.5. The number of carbonyl (C=O) groups excluding carboxylic acids is 2. The smallest absolute Gasteiger partial charge is 0.413 e. The molecule has 2 amide bonds. The molecule has 0 saturated carbocycles. The summed E-state index contributed by atoms with van der Waals surface area (Å²) in [7, 11) is 0. The summed E-state index contributed by atoms with van der Waals surface area (Å²) in [5.41, 5.74) is 3.54. The van der Waals surface area contributed by atoms with Gasteiger partial charge in [-0.1, -0.05) is 13.0 Å². The first-order valence-corrected chi connectivity index (χ1v) is 12.5. The zero-order valence-corrected chi connectivity index (χ0v) is 22.8. The number of ether oxygens (including phenoxy) is 1. The van der Waals surface area contributed by atoms with Gasteiger partial charge in [-0.15, -0.1) is 21.8 Å². The maximum Gasteiger partial charge on any atom is 0.413 e. The molecule has 0 radical (unpaired) electrons. The molecular weight excluding hydrogens is 496 g/mol. The molecule has 1 aliphatic rings. The molecule has 0 saturated heterocycles. The summed E-state index contributed by atoms with van der Waals surface area (Å²) in [6.45, 7) is 11.3. The summed E-state index contributed by atoms with van der Waals surface area (Å²) < 4.78 is 10.8. The third kappa shape index (κ3) is 8.24. The molecule has 3 rings (SSSR count). The van der Waals surface area contributed by atoms with E-state index < -0.39 is 17.6 Å². The largest absolute Gasteiger partial charge is 0.444 e. The number of nitrogens with one attached hydrogen (secondary N) is 2. The number of hydrogen-bond acceptors (Lipinski definition) is 8. The number of carbonyl (C=O) groups is 2. The minimum absolute atomic E-state index is 0.132. The van der Waals surface area contributed by atoms with Crippen LogP contribution in [0.2, 0.25) is 0 Å². The molecule has 0 aromatic carbocycles. The van der Waals surface area contributed by atoms with Gasteiger partial charge >= 0.3 is 17.9 Å². The quantitative estimate of drug-likeness (QED) is 0.355. The average molecular weight is 529 g/mol. The number of nitrogens with zero attached hydrogens (tertiary/aromatic N) is 4. The van der Waals surface area contributed by atoms with Crippen molar-refractivity contribution in [2.45, 2.75) is 78.3 Å². The van der Waals surface area contributed by atoms with Gasteiger partial charge in [0, 0.05) is 37.0 Å². The van der Waals surface area contributed by atoms with E-state index in [-0.39, 0.29) is 17.8 Å². The molecule has 2 aromatic heterocycles. The third-order valence-electron chi connectivity index (χ3n) is 5.35. The highest BCUT2D eigenvalue weighted by Crippen LogP contribution is 2.27. The Morgan fingerprint density at radius 2 is 2.03 bits per heavy atom. The Hall–Kier alpha value is -3.53. The fraction of sp³-hybridized carbons (Fsp3) is 0.462. The molecule has 11 heteroatoms. The maximum absolute atomic E-state index is 12.6. The second-order valence-corrected chi connectivity index (χ2v) is 10.2. The van der Waals surface area contributed by atoms with E-state index in [1.54, 1.807) is 33.8 Å². The van der Waals surface area contributed by atoms with Crippen LogP contribution in [0.3, 0.4) is 0 Å². The van der Waals surface area contributed by atoms with Gasteiger partial charge in [-0.25, -0.2) is 9.78 Å². The van der Waals surface area contributed by atoms with Crippen molar-refractivity contribution in [1.29, 1.82) is 0 Å². The minimum Gasteiger partial charge on any atom is -0.444 e. The minimum atomic E-state index is -0.615. The van der Waals surface area contributed by atoms with E-state index in [9.17, 15) is 9.59 Å². The number of aliphatic imine (C=N–C) groups is 1. The van der Waals surface area contributed by atoms with Crippen LogP contribution in [-0.2, 0) is 17.7 Å². The summed E-state index contributed by atoms with van der Waals surface area (Å²) in [5.74, 6) is 0.0506. The third-order valence-corrected chi connectivity index (χ3v) is 5.78. The van der Waals surface area contributed by atoms with Crippen LogP contribution in [0, 0.1) is 13.8 Å². The molecule has 10 nitrogen and oxygen atoms in total. The maximum atomic E-state index is 12.6. The van der Waals surface area contributed by atoms with Gasteiger partial charge in [-0.05, 0) is 69.9 Å². The van der Waals surface area contributed by atoms with Crippen molar-refractivity contribution < 1.29 is 18.7 Å². The number of anilines is 1. The molecule has 2 heterocycles. The SMILES string of the molecule is CCC=NC1=CC=C(Cc2nnc(C(=O)NCc3c(C)cc(NC(=O)OC(C)(C)C)nc3C)o2)C(Cl)C1. The van der Waals surface area contributed by atoms with E-state index in [2.05, 4.69) is 30.8 Å². The molecule has 0 spiro atoms. The number of allylic oxidation sites excluding steroid dienone is 4. The van der Waals surface area contributed by atoms with Crippen molar-refractivity contribution in [2.24, 2.45) is 4.99 Å². The fourth-order valence-electron chi connectivity index (χ4n) is 3.60. The van der Waals surface area contributed by atoms with Crippen LogP contribution in [0.1, 0.15) is 73.9 Å². The number of pyridine rings is 1. The van der Waals surface area contributed by atoms with Crippen molar-refractivity contribution in [3.63, 3.8) is 0 Å². The average Bonchev–Trinajstić information content (AvgIpc) is 3.26. The lowest BCUT2D eigenvalue weighted by molar-refractivity contribution is 0.0635. The van der Waals surface area contributed by atoms with Gasteiger partial charge in [0.1, 0.15) is 11.4 Å². The van der Waals surface area contributed by atoms with Gasteiger partial charge in [0.25, 0.3) is 0 Å². The summed E-state index contributed by atoms with van der Waals surface area (Å²) in [5, 5.41) is 13.1. The molecule has 1 unspecified atom stereocenters. The van der Waals surface area contributed by atoms with Crippen LogP contribution in [-0.4, -0.2) is 44.4 Å². The zero-order valence-electron chi connectivity index (χ0n) is 22.0. The Morgan fingerprint density at radius 1 is 1.27 bits per heavy atom. The predicted octanol–water partition coefficient (Wildman–Crippen LogP) is 5.20. The van der Waals surface area contributed by atoms with E-state index in [0.29, 0.717) is 30.2 Å². The van der Waals surface area contributed by atoms with Crippen molar-refractivity contribution in [3.05, 3.63) is 58.1 Å². The molecule has 198 valence electrons. The fourth-order valence-corrected chi connectivity index (χ4v) is 3.91. The zero-order chi connectivity index (χ0) is 27.2. The Bertz CT molecular complexity index is 1220. The lowest BCUT2D eigenvalue weighted by Gasteiger charge is -2.20. The molecule has 2 N–H and O–H groups in total. The highest BCUT2D eigenvalue weighted by Gasteiger charge is 2.22. The van der Waals surface area contributed by atoms with Gasteiger partial charge in [0.2, 0.25) is 5.89 Å². The van der Waals surface area contributed by atoms with Crippen LogP contribution < -0.4 is 10.6 Å². The standard InChI is InChI=1S/C26H33ClN6O4/c1-7-10-28-18-9-8-17(20(27)13-18)12-22-32-33-24(36-22)23(34)29-14-19-15(2)11-21(30-16(19)3)31-25(35)37-26(4,5)6/h8-11,20H,7,12-14H2,1-6H3,(H,29,34)(H,30,31,35). The normalized spacial score (nSPS) is 15.8. The number of halogens is 1. The topological polar surface area (TPSA) is 132 Å². The van der Waals surface area contributed by atoms with E-state index in [0.717, 1.165) is 28.8 Å². The van der Waals surface area contributed by atoms with Crippen molar-refractivity contribution >= 4 is 35.6 Å². The van der Waals surface area contributed by atoms with Crippen LogP contribution >= 0.6 is 11.6 Å². The second-order valence-electron chi connectivity index (χ2n) is 9.67. The van der Waals surface area contributed by atoms with E-state index >= 15 is 0 Å². The monoisotopic (exact) mass is 528 g/mol. The van der Waals surface area contributed by atoms with Gasteiger partial charge in [-0.2, -0.15) is 0 Å². The van der Waals surface area contributed by atoms with Crippen LogP contribution in [0.5, 0.6) is 0 Å². The predicted molar refractivity (Wildman–Crippen MR) is 142 cm³/mol. The Morgan fingerprint density at radius 3 is 2.68 bits per heavy atom. The number of alkyl halides is 1. The summed E-state index contributed by atoms with van der Waals surface area (Å²) in [6.07, 6.45) is 6.93. The number of rotatable bonds is 8. The van der Waals surface area contributed by atoms with Crippen LogP contribution in [0.25, 0.3) is 0 Å². The van der Waals surface area contributed by atoms with E-state index in [4.69, 9.17) is 20.8 Å². The van der Waals surface area contributed by atoms with Gasteiger partial charge in [0.05, 0.1) is 5.38 Å².